The third-order valence-electron chi connectivity index (χ3n) is 9.02. The topological polar surface area (TPSA) is 40.6 Å². The first kappa shape index (κ1) is 28.0. The number of likely N-dealkylation sites (tertiary alicyclic amines) is 1. The van der Waals surface area contributed by atoms with Gasteiger partial charge in [0.15, 0.2) is 0 Å². The molecule has 4 nitrogen and oxygen atoms in total. The van der Waals surface area contributed by atoms with Gasteiger partial charge in [0.25, 0.3) is 0 Å². The summed E-state index contributed by atoms with van der Waals surface area (Å²) >= 11 is 0. The maximum atomic E-state index is 13.4. The fourth-order valence-electron chi connectivity index (χ4n) is 6.69. The predicted molar refractivity (Wildman–Crippen MR) is 156 cm³/mol. The van der Waals surface area contributed by atoms with E-state index in [4.69, 9.17) is 0 Å². The van der Waals surface area contributed by atoms with E-state index in [2.05, 4.69) is 35.2 Å². The van der Waals surface area contributed by atoms with Gasteiger partial charge in [0.05, 0.1) is 4.90 Å². The van der Waals surface area contributed by atoms with E-state index in [9.17, 15) is 12.8 Å². The molecule has 39 heavy (non-hydrogen) atoms. The molecule has 1 heterocycles. The molecular weight excluding hydrogens is 507 g/mol. The number of hydrogen-bond acceptors (Lipinski definition) is 3. The molecule has 2 fully saturated rings. The fraction of sp³-hybridized carbons (Fsp3) is 0.455. The number of rotatable bonds is 10. The Balaban J connectivity index is 1.18. The highest BCUT2D eigenvalue weighted by Crippen LogP contribution is 2.43. The van der Waals surface area contributed by atoms with Crippen molar-refractivity contribution in [2.75, 3.05) is 26.7 Å². The first-order valence-electron chi connectivity index (χ1n) is 14.4. The SMILES string of the molecule is CN([C@@H]1C[C@H](CN2CCC(CCCc3ccc(F)cc3)CC2)[C@@H](c2ccccc2)C1)S(=O)(=O)c1ccccc1. The lowest BCUT2D eigenvalue weighted by Gasteiger charge is -2.35. The van der Waals surface area contributed by atoms with Crippen molar-refractivity contribution >= 4 is 10.0 Å². The van der Waals surface area contributed by atoms with Crippen molar-refractivity contribution < 1.29 is 12.8 Å². The van der Waals surface area contributed by atoms with Gasteiger partial charge in [-0.05, 0) is 105 Å². The molecule has 1 saturated heterocycles. The molecule has 2 aliphatic rings. The quantitative estimate of drug-likeness (QED) is 0.282. The summed E-state index contributed by atoms with van der Waals surface area (Å²) in [7, 11) is -1.76. The van der Waals surface area contributed by atoms with Crippen molar-refractivity contribution in [1.82, 2.24) is 9.21 Å². The molecule has 0 bridgehead atoms. The zero-order valence-electron chi connectivity index (χ0n) is 23.0. The van der Waals surface area contributed by atoms with Gasteiger partial charge in [-0.25, -0.2) is 12.8 Å². The zero-order valence-corrected chi connectivity index (χ0v) is 23.8. The van der Waals surface area contributed by atoms with Crippen LogP contribution in [0.2, 0.25) is 0 Å². The molecule has 0 spiro atoms. The lowest BCUT2D eigenvalue weighted by atomic mass is 9.87. The Bertz CT molecular complexity index is 1280. The molecular formula is C33H41FN2O2S. The highest BCUT2D eigenvalue weighted by molar-refractivity contribution is 7.89. The van der Waals surface area contributed by atoms with Gasteiger partial charge in [-0.15, -0.1) is 0 Å². The number of aryl methyl sites for hydroxylation is 1. The second kappa shape index (κ2) is 12.8. The average Bonchev–Trinajstić information content (AvgIpc) is 3.39. The van der Waals surface area contributed by atoms with E-state index in [0.717, 1.165) is 51.2 Å². The third-order valence-corrected chi connectivity index (χ3v) is 10.9. The van der Waals surface area contributed by atoms with Crippen LogP contribution in [0.15, 0.2) is 89.8 Å². The van der Waals surface area contributed by atoms with Crippen LogP contribution in [-0.2, 0) is 16.4 Å². The number of benzene rings is 3. The van der Waals surface area contributed by atoms with Gasteiger partial charge in [-0.2, -0.15) is 4.31 Å². The van der Waals surface area contributed by atoms with Crippen LogP contribution >= 0.6 is 0 Å². The Labute approximate surface area is 233 Å². The van der Waals surface area contributed by atoms with Crippen molar-refractivity contribution in [3.8, 4) is 0 Å². The molecule has 1 aliphatic heterocycles. The van der Waals surface area contributed by atoms with Gasteiger partial charge in [0, 0.05) is 19.6 Å². The van der Waals surface area contributed by atoms with Crippen LogP contribution in [0.25, 0.3) is 0 Å². The molecule has 0 unspecified atom stereocenters. The largest absolute Gasteiger partial charge is 0.303 e. The molecule has 1 aliphatic carbocycles. The summed E-state index contributed by atoms with van der Waals surface area (Å²) in [5, 5.41) is 0. The van der Waals surface area contributed by atoms with E-state index in [1.54, 1.807) is 47.8 Å². The zero-order chi connectivity index (χ0) is 27.2. The number of nitrogens with zero attached hydrogens (tertiary/aromatic N) is 2. The van der Waals surface area contributed by atoms with Gasteiger partial charge in [-0.1, -0.05) is 67.1 Å². The molecule has 0 radical (unpaired) electrons. The summed E-state index contributed by atoms with van der Waals surface area (Å²) in [4.78, 5) is 2.99. The van der Waals surface area contributed by atoms with Gasteiger partial charge < -0.3 is 4.90 Å². The lowest BCUT2D eigenvalue weighted by molar-refractivity contribution is 0.150. The van der Waals surface area contributed by atoms with E-state index in [0.29, 0.717) is 16.7 Å². The molecule has 0 aromatic heterocycles. The van der Waals surface area contributed by atoms with Crippen molar-refractivity contribution in [3.63, 3.8) is 0 Å². The Morgan fingerprint density at radius 1 is 0.872 bits per heavy atom. The second-order valence-electron chi connectivity index (χ2n) is 11.5. The molecule has 0 N–H and O–H groups in total. The summed E-state index contributed by atoms with van der Waals surface area (Å²) in [5.74, 6) is 1.38. The third kappa shape index (κ3) is 6.97. The normalized spacial score (nSPS) is 22.9. The minimum atomic E-state index is -3.52. The van der Waals surface area contributed by atoms with Crippen LogP contribution in [0.5, 0.6) is 0 Å². The molecule has 3 atom stereocenters. The molecule has 208 valence electrons. The minimum Gasteiger partial charge on any atom is -0.303 e. The van der Waals surface area contributed by atoms with E-state index in [1.165, 1.54) is 30.4 Å². The number of hydrogen-bond donors (Lipinski definition) is 0. The van der Waals surface area contributed by atoms with Crippen LogP contribution in [0.3, 0.4) is 0 Å². The van der Waals surface area contributed by atoms with E-state index in [-0.39, 0.29) is 11.9 Å². The van der Waals surface area contributed by atoms with E-state index < -0.39 is 10.0 Å². The molecule has 3 aromatic carbocycles. The average molecular weight is 549 g/mol. The molecule has 5 rings (SSSR count). The first-order chi connectivity index (χ1) is 18.9. The minimum absolute atomic E-state index is 0.00517. The Morgan fingerprint density at radius 2 is 1.51 bits per heavy atom. The number of sulfonamides is 1. The van der Waals surface area contributed by atoms with Crippen LogP contribution in [0.1, 0.15) is 55.6 Å². The van der Waals surface area contributed by atoms with Gasteiger partial charge in [0.2, 0.25) is 10.0 Å². The van der Waals surface area contributed by atoms with Gasteiger partial charge in [-0.3, -0.25) is 0 Å². The van der Waals surface area contributed by atoms with Gasteiger partial charge in [0.1, 0.15) is 5.82 Å². The summed E-state index contributed by atoms with van der Waals surface area (Å²) < 4.78 is 41.6. The van der Waals surface area contributed by atoms with E-state index >= 15 is 0 Å². The Kier molecular flexibility index (Phi) is 9.16. The molecule has 6 heteroatoms. The number of piperidine rings is 1. The summed E-state index contributed by atoms with van der Waals surface area (Å²) in [6.45, 7) is 3.25. The highest BCUT2D eigenvalue weighted by Gasteiger charge is 2.41. The summed E-state index contributed by atoms with van der Waals surface area (Å²) in [5.41, 5.74) is 2.54. The number of halogens is 1. The van der Waals surface area contributed by atoms with E-state index in [1.807, 2.05) is 18.2 Å². The van der Waals surface area contributed by atoms with Crippen LogP contribution in [0.4, 0.5) is 4.39 Å². The molecule has 0 amide bonds. The summed E-state index contributed by atoms with van der Waals surface area (Å²) in [6.07, 6.45) is 7.58. The lowest BCUT2D eigenvalue weighted by Crippen LogP contribution is -2.38. The Morgan fingerprint density at radius 3 is 2.18 bits per heavy atom. The van der Waals surface area contributed by atoms with Crippen LogP contribution in [0, 0.1) is 17.7 Å². The summed E-state index contributed by atoms with van der Waals surface area (Å²) in [6, 6.07) is 26.4. The first-order valence-corrected chi connectivity index (χ1v) is 15.9. The monoisotopic (exact) mass is 548 g/mol. The Hall–Kier alpha value is -2.54. The standard InChI is InChI=1S/C33H41FN2O2S/c1-35(39(37,38)32-13-6-3-7-14-32)31-23-29(33(24-31)28-11-4-2-5-12-28)25-36-21-19-27(20-22-36)10-8-9-26-15-17-30(34)18-16-26/h2-7,11-18,27,29,31,33H,8-10,19-25H2,1H3/t29-,31-,33-/m1/s1. The van der Waals surface area contributed by atoms with Crippen molar-refractivity contribution in [2.45, 2.75) is 61.8 Å². The fourth-order valence-corrected chi connectivity index (χ4v) is 8.09. The van der Waals surface area contributed by atoms with Crippen molar-refractivity contribution in [1.29, 1.82) is 0 Å². The maximum absolute atomic E-state index is 13.4. The van der Waals surface area contributed by atoms with Crippen molar-refractivity contribution in [2.24, 2.45) is 11.8 Å². The van der Waals surface area contributed by atoms with Gasteiger partial charge >= 0.3 is 0 Å². The maximum Gasteiger partial charge on any atom is 0.243 e. The second-order valence-corrected chi connectivity index (χ2v) is 13.5. The van der Waals surface area contributed by atoms with Crippen LogP contribution < -0.4 is 0 Å². The van der Waals surface area contributed by atoms with Crippen molar-refractivity contribution in [3.05, 3.63) is 102 Å². The molecule has 1 saturated carbocycles. The predicted octanol–water partition coefficient (Wildman–Crippen LogP) is 6.74. The molecule has 3 aromatic rings. The smallest absolute Gasteiger partial charge is 0.243 e. The highest BCUT2D eigenvalue weighted by atomic mass is 32.2. The van der Waals surface area contributed by atoms with Crippen LogP contribution in [-0.4, -0.2) is 50.3 Å².